The third-order valence-electron chi connectivity index (χ3n) is 2.82. The lowest BCUT2D eigenvalue weighted by atomic mass is 10.1. The minimum absolute atomic E-state index is 0.429. The number of nitrogens with zero attached hydrogens (tertiary/aromatic N) is 2. The van der Waals surface area contributed by atoms with E-state index in [9.17, 15) is 9.59 Å². The third-order valence-corrected chi connectivity index (χ3v) is 3.83. The number of fused-ring (bicyclic) bond motifs is 3. The largest absolute Gasteiger partial charge is 0.351 e. The van der Waals surface area contributed by atoms with Gasteiger partial charge in [0.25, 0.3) is 0 Å². The molecular weight excluding hydrogens is 238 g/mol. The van der Waals surface area contributed by atoms with Gasteiger partial charge >= 0.3 is 11.4 Å². The maximum atomic E-state index is 11.7. The number of aryl methyl sites for hydroxylation is 2. The highest BCUT2D eigenvalue weighted by molar-refractivity contribution is 7.23. The molecule has 0 unspecified atom stereocenters. The van der Waals surface area contributed by atoms with E-state index < -0.39 is 11.4 Å². The molecule has 0 amide bonds. The van der Waals surface area contributed by atoms with E-state index in [1.54, 1.807) is 0 Å². The monoisotopic (exact) mass is 247 g/mol. The highest BCUT2D eigenvalue weighted by Crippen LogP contribution is 2.25. The van der Waals surface area contributed by atoms with E-state index in [1.165, 1.54) is 15.7 Å². The number of hydrogen-bond donors (Lipinski definition) is 1. The summed E-state index contributed by atoms with van der Waals surface area (Å²) in [6.07, 6.45) is 0. The van der Waals surface area contributed by atoms with Gasteiger partial charge in [0, 0.05) is 0 Å². The summed E-state index contributed by atoms with van der Waals surface area (Å²) in [7, 11) is 0. The molecule has 0 bridgehead atoms. The second-order valence-corrected chi connectivity index (χ2v) is 4.98. The first-order valence-corrected chi connectivity index (χ1v) is 5.91. The lowest BCUT2D eigenvalue weighted by molar-refractivity contribution is 0.939. The van der Waals surface area contributed by atoms with E-state index in [0.29, 0.717) is 4.96 Å². The molecule has 2 heterocycles. The van der Waals surface area contributed by atoms with Crippen molar-refractivity contribution in [3.05, 3.63) is 44.2 Å². The lowest BCUT2D eigenvalue weighted by Crippen LogP contribution is -2.27. The van der Waals surface area contributed by atoms with Crippen LogP contribution in [0.3, 0.4) is 0 Å². The number of thiazole rings is 1. The Morgan fingerprint density at radius 1 is 1.24 bits per heavy atom. The second-order valence-electron chi connectivity index (χ2n) is 3.97. The van der Waals surface area contributed by atoms with Crippen LogP contribution in [0.2, 0.25) is 0 Å². The Hall–Kier alpha value is -1.95. The summed E-state index contributed by atoms with van der Waals surface area (Å²) < 4.78 is 2.39. The molecule has 6 heteroatoms. The minimum atomic E-state index is -0.602. The van der Waals surface area contributed by atoms with Crippen LogP contribution >= 0.6 is 11.3 Å². The Kier molecular flexibility index (Phi) is 1.97. The third kappa shape index (κ3) is 1.41. The molecule has 2 aromatic heterocycles. The number of H-pyrrole nitrogens is 1. The van der Waals surface area contributed by atoms with Crippen LogP contribution in [0.4, 0.5) is 0 Å². The molecule has 0 aliphatic heterocycles. The number of nitrogens with one attached hydrogen (secondary N) is 1. The molecule has 0 aliphatic carbocycles. The van der Waals surface area contributed by atoms with E-state index in [4.69, 9.17) is 0 Å². The van der Waals surface area contributed by atoms with Crippen molar-refractivity contribution < 1.29 is 0 Å². The fourth-order valence-electron chi connectivity index (χ4n) is 1.81. The van der Waals surface area contributed by atoms with Gasteiger partial charge in [-0.2, -0.15) is 4.98 Å². The van der Waals surface area contributed by atoms with Gasteiger partial charge in [-0.25, -0.2) is 14.0 Å². The van der Waals surface area contributed by atoms with Gasteiger partial charge in [0.15, 0.2) is 0 Å². The molecule has 3 rings (SSSR count). The topological polar surface area (TPSA) is 67.2 Å². The first-order valence-electron chi connectivity index (χ1n) is 5.09. The van der Waals surface area contributed by atoms with E-state index in [2.05, 4.69) is 9.97 Å². The maximum Gasteiger partial charge on any atom is 0.351 e. The van der Waals surface area contributed by atoms with Gasteiger partial charge in [-0.3, -0.25) is 4.98 Å². The van der Waals surface area contributed by atoms with Crippen molar-refractivity contribution in [1.82, 2.24) is 14.4 Å². The summed E-state index contributed by atoms with van der Waals surface area (Å²) >= 11 is 1.34. The predicted octanol–water partition coefficient (Wildman–Crippen LogP) is 1.21. The van der Waals surface area contributed by atoms with Gasteiger partial charge in [0.2, 0.25) is 4.96 Å². The zero-order valence-corrected chi connectivity index (χ0v) is 10.1. The number of aromatic amines is 1. The highest BCUT2D eigenvalue weighted by Gasteiger charge is 2.09. The van der Waals surface area contributed by atoms with E-state index >= 15 is 0 Å². The highest BCUT2D eigenvalue weighted by atomic mass is 32.1. The molecule has 3 aromatic rings. The second kappa shape index (κ2) is 3.27. The van der Waals surface area contributed by atoms with Crippen LogP contribution in [-0.2, 0) is 0 Å². The molecule has 5 nitrogen and oxygen atoms in total. The zero-order valence-electron chi connectivity index (χ0n) is 9.27. The first-order chi connectivity index (χ1) is 8.06. The first kappa shape index (κ1) is 10.2. The minimum Gasteiger partial charge on any atom is -0.257 e. The summed E-state index contributed by atoms with van der Waals surface area (Å²) in [6, 6.07) is 3.95. The van der Waals surface area contributed by atoms with E-state index in [-0.39, 0.29) is 0 Å². The van der Waals surface area contributed by atoms with Gasteiger partial charge in [-0.05, 0) is 37.1 Å². The van der Waals surface area contributed by atoms with Gasteiger partial charge in [-0.15, -0.1) is 0 Å². The van der Waals surface area contributed by atoms with Gasteiger partial charge in [-0.1, -0.05) is 11.3 Å². The van der Waals surface area contributed by atoms with Gasteiger partial charge in [0.1, 0.15) is 0 Å². The zero-order chi connectivity index (χ0) is 12.2. The molecule has 0 atom stereocenters. The van der Waals surface area contributed by atoms with Crippen LogP contribution in [0.1, 0.15) is 11.1 Å². The SMILES string of the molecule is Cc1cc2sc3nc(=O)[nH]c(=O)n3c2cc1C. The molecule has 1 aromatic carbocycles. The normalized spacial score (nSPS) is 11.4. The average molecular weight is 247 g/mol. The Morgan fingerprint density at radius 2 is 1.94 bits per heavy atom. The molecule has 86 valence electrons. The van der Waals surface area contributed by atoms with Crippen molar-refractivity contribution in [1.29, 1.82) is 0 Å². The number of rotatable bonds is 0. The Balaban J connectivity index is 2.65. The lowest BCUT2D eigenvalue weighted by Gasteiger charge is -1.99. The molecule has 0 aliphatic rings. The maximum absolute atomic E-state index is 11.7. The molecule has 1 N–H and O–H groups in total. The Bertz CT molecular complexity index is 857. The van der Waals surface area contributed by atoms with Crippen LogP contribution in [0.25, 0.3) is 15.2 Å². The van der Waals surface area contributed by atoms with Crippen molar-refractivity contribution in [2.75, 3.05) is 0 Å². The van der Waals surface area contributed by atoms with Crippen LogP contribution in [0, 0.1) is 13.8 Å². The van der Waals surface area contributed by atoms with E-state index in [0.717, 1.165) is 21.3 Å². The van der Waals surface area contributed by atoms with E-state index in [1.807, 2.05) is 26.0 Å². The Labute approximate surface area is 99.4 Å². The molecule has 0 saturated heterocycles. The molecule has 0 fully saturated rings. The summed E-state index contributed by atoms with van der Waals surface area (Å²) in [5.74, 6) is 0. The standard InChI is InChI=1S/C11H9N3O2S/c1-5-3-7-8(4-6(5)2)17-11-13-9(15)12-10(16)14(7)11/h3-4H,1-2H3,(H,12,15,16). The fourth-order valence-corrected chi connectivity index (χ4v) is 2.90. The van der Waals surface area contributed by atoms with Crippen molar-refractivity contribution in [3.8, 4) is 0 Å². The predicted molar refractivity (Wildman–Crippen MR) is 66.9 cm³/mol. The number of hydrogen-bond acceptors (Lipinski definition) is 4. The van der Waals surface area contributed by atoms with Crippen molar-refractivity contribution >= 4 is 26.5 Å². The molecule has 0 spiro atoms. The van der Waals surface area contributed by atoms with Crippen molar-refractivity contribution in [3.63, 3.8) is 0 Å². The fraction of sp³-hybridized carbons (Fsp3) is 0.182. The molecular formula is C11H9N3O2S. The quantitative estimate of drug-likeness (QED) is 0.649. The van der Waals surface area contributed by atoms with Crippen LogP contribution in [0.15, 0.2) is 21.7 Å². The van der Waals surface area contributed by atoms with Crippen LogP contribution in [-0.4, -0.2) is 14.4 Å². The number of benzene rings is 1. The summed E-state index contributed by atoms with van der Waals surface area (Å²) in [4.78, 5) is 29.3. The Morgan fingerprint density at radius 3 is 2.71 bits per heavy atom. The van der Waals surface area contributed by atoms with Crippen LogP contribution in [0.5, 0.6) is 0 Å². The van der Waals surface area contributed by atoms with Crippen molar-refractivity contribution in [2.24, 2.45) is 0 Å². The van der Waals surface area contributed by atoms with Gasteiger partial charge in [0.05, 0.1) is 10.2 Å². The summed E-state index contributed by atoms with van der Waals surface area (Å²) in [5.41, 5.74) is 2.02. The van der Waals surface area contributed by atoms with Crippen molar-refractivity contribution in [2.45, 2.75) is 13.8 Å². The summed E-state index contributed by atoms with van der Waals surface area (Å²) in [6.45, 7) is 4.00. The van der Waals surface area contributed by atoms with Gasteiger partial charge < -0.3 is 0 Å². The smallest absolute Gasteiger partial charge is 0.257 e. The molecule has 0 saturated carbocycles. The number of aromatic nitrogens is 3. The molecule has 0 radical (unpaired) electrons. The summed E-state index contributed by atoms with van der Waals surface area (Å²) in [5, 5.41) is 0. The van der Waals surface area contributed by atoms with Crippen LogP contribution < -0.4 is 11.4 Å². The molecule has 17 heavy (non-hydrogen) atoms. The average Bonchev–Trinajstić information content (AvgIpc) is 2.56.